The van der Waals surface area contributed by atoms with Gasteiger partial charge in [0, 0.05) is 37.8 Å². The Morgan fingerprint density at radius 2 is 2.06 bits per heavy atom. The first-order valence-corrected chi connectivity index (χ1v) is 6.32. The number of phenols is 1. The van der Waals surface area contributed by atoms with Gasteiger partial charge in [-0.15, -0.1) is 0 Å². The van der Waals surface area contributed by atoms with Crippen molar-refractivity contribution in [1.82, 2.24) is 9.47 Å². The topological polar surface area (TPSA) is 37.6 Å². The first-order chi connectivity index (χ1) is 8.75. The first-order valence-electron chi connectivity index (χ1n) is 6.32. The summed E-state index contributed by atoms with van der Waals surface area (Å²) in [5, 5.41) is 11.0. The lowest BCUT2D eigenvalue weighted by atomic mass is 10.2. The minimum Gasteiger partial charge on any atom is -0.506 e. The van der Waals surface area contributed by atoms with Gasteiger partial charge in [0.1, 0.15) is 5.75 Å². The van der Waals surface area contributed by atoms with Crippen LogP contribution < -0.4 is 0 Å². The lowest BCUT2D eigenvalue weighted by Gasteiger charge is -2.26. The Labute approximate surface area is 106 Å². The SMILES string of the molecule is Cn1c(CN2CCOCC2)cc2cccc(O)c21. The van der Waals surface area contributed by atoms with Crippen molar-refractivity contribution in [3.8, 4) is 5.75 Å². The summed E-state index contributed by atoms with van der Waals surface area (Å²) in [6.07, 6.45) is 0. The second-order valence-electron chi connectivity index (χ2n) is 4.80. The van der Waals surface area contributed by atoms with Gasteiger partial charge in [-0.25, -0.2) is 0 Å². The molecule has 4 heteroatoms. The number of hydrogen-bond donors (Lipinski definition) is 1. The molecule has 0 unspecified atom stereocenters. The maximum absolute atomic E-state index is 9.92. The zero-order valence-electron chi connectivity index (χ0n) is 10.6. The van der Waals surface area contributed by atoms with Gasteiger partial charge in [0.15, 0.2) is 0 Å². The maximum Gasteiger partial charge on any atom is 0.139 e. The summed E-state index contributed by atoms with van der Waals surface area (Å²) < 4.78 is 7.44. The van der Waals surface area contributed by atoms with Crippen LogP contribution in [0.15, 0.2) is 24.3 Å². The number of ether oxygens (including phenoxy) is 1. The summed E-state index contributed by atoms with van der Waals surface area (Å²) in [5.41, 5.74) is 2.15. The summed E-state index contributed by atoms with van der Waals surface area (Å²) in [7, 11) is 2.01. The van der Waals surface area contributed by atoms with Gasteiger partial charge in [-0.2, -0.15) is 0 Å². The number of para-hydroxylation sites is 1. The van der Waals surface area contributed by atoms with Gasteiger partial charge in [0.2, 0.25) is 0 Å². The van der Waals surface area contributed by atoms with Crippen LogP contribution >= 0.6 is 0 Å². The van der Waals surface area contributed by atoms with Crippen LogP contribution in [0.1, 0.15) is 5.69 Å². The highest BCUT2D eigenvalue weighted by Crippen LogP contribution is 2.27. The van der Waals surface area contributed by atoms with Gasteiger partial charge in [-0.05, 0) is 12.1 Å². The lowest BCUT2D eigenvalue weighted by Crippen LogP contribution is -2.36. The van der Waals surface area contributed by atoms with Crippen LogP contribution in [0.4, 0.5) is 0 Å². The van der Waals surface area contributed by atoms with Crippen LogP contribution in [0.5, 0.6) is 5.75 Å². The number of hydrogen-bond acceptors (Lipinski definition) is 3. The van der Waals surface area contributed by atoms with Gasteiger partial charge >= 0.3 is 0 Å². The highest BCUT2D eigenvalue weighted by molar-refractivity contribution is 5.86. The average molecular weight is 246 g/mol. The van der Waals surface area contributed by atoms with Crippen molar-refractivity contribution in [2.45, 2.75) is 6.54 Å². The predicted octanol–water partition coefficient (Wildman–Crippen LogP) is 1.72. The molecule has 4 nitrogen and oxygen atoms in total. The Hall–Kier alpha value is -1.52. The van der Waals surface area contributed by atoms with Crippen LogP contribution in [0.3, 0.4) is 0 Å². The van der Waals surface area contributed by atoms with E-state index in [1.165, 1.54) is 5.69 Å². The molecule has 0 spiro atoms. The number of morpholine rings is 1. The number of aryl methyl sites for hydroxylation is 1. The van der Waals surface area contributed by atoms with E-state index in [4.69, 9.17) is 4.74 Å². The lowest BCUT2D eigenvalue weighted by molar-refractivity contribution is 0.0333. The summed E-state index contributed by atoms with van der Waals surface area (Å²) in [5.74, 6) is 0.350. The predicted molar refractivity (Wildman–Crippen MR) is 70.7 cm³/mol. The van der Waals surface area contributed by atoms with E-state index in [9.17, 15) is 5.11 Å². The third-order valence-electron chi connectivity index (χ3n) is 3.62. The van der Waals surface area contributed by atoms with E-state index >= 15 is 0 Å². The molecule has 0 bridgehead atoms. The van der Waals surface area contributed by atoms with E-state index in [0.717, 1.165) is 43.8 Å². The molecule has 2 aromatic rings. The molecule has 0 atom stereocenters. The van der Waals surface area contributed by atoms with Crippen molar-refractivity contribution in [2.75, 3.05) is 26.3 Å². The molecule has 3 rings (SSSR count). The molecule has 0 aliphatic carbocycles. The molecule has 0 saturated carbocycles. The van der Waals surface area contributed by atoms with Crippen molar-refractivity contribution >= 4 is 10.9 Å². The highest BCUT2D eigenvalue weighted by Gasteiger charge is 2.14. The third-order valence-corrected chi connectivity index (χ3v) is 3.62. The molecule has 1 aromatic heterocycles. The minimum absolute atomic E-state index is 0.350. The molecule has 1 aliphatic heterocycles. The second kappa shape index (κ2) is 4.63. The van der Waals surface area contributed by atoms with E-state index in [-0.39, 0.29) is 0 Å². The number of fused-ring (bicyclic) bond motifs is 1. The molecule has 0 amide bonds. The average Bonchev–Trinajstić information content (AvgIpc) is 2.69. The van der Waals surface area contributed by atoms with E-state index in [1.54, 1.807) is 6.07 Å². The molecule has 18 heavy (non-hydrogen) atoms. The minimum atomic E-state index is 0.350. The van der Waals surface area contributed by atoms with Crippen LogP contribution in [0.2, 0.25) is 0 Å². The standard InChI is InChI=1S/C14H18N2O2/c1-15-12(10-16-5-7-18-8-6-16)9-11-3-2-4-13(17)14(11)15/h2-4,9,17H,5-8,10H2,1H3. The number of benzene rings is 1. The smallest absolute Gasteiger partial charge is 0.139 e. The molecule has 96 valence electrons. The Bertz CT molecular complexity index is 556. The van der Waals surface area contributed by atoms with Crippen LogP contribution in [0, 0.1) is 0 Å². The second-order valence-corrected chi connectivity index (χ2v) is 4.80. The number of phenolic OH excluding ortho intramolecular Hbond substituents is 1. The first kappa shape index (κ1) is 11.6. The van der Waals surface area contributed by atoms with Crippen LogP contribution in [-0.2, 0) is 18.3 Å². The molecule has 1 aliphatic rings. The number of aromatic nitrogens is 1. The molecule has 1 aromatic carbocycles. The monoisotopic (exact) mass is 246 g/mol. The fourth-order valence-electron chi connectivity index (χ4n) is 2.59. The van der Waals surface area contributed by atoms with Crippen LogP contribution in [-0.4, -0.2) is 40.9 Å². The largest absolute Gasteiger partial charge is 0.506 e. The van der Waals surface area contributed by atoms with Gasteiger partial charge in [0.05, 0.1) is 18.7 Å². The van der Waals surface area contributed by atoms with E-state index < -0.39 is 0 Å². The summed E-state index contributed by atoms with van der Waals surface area (Å²) >= 11 is 0. The van der Waals surface area contributed by atoms with Crippen LogP contribution in [0.25, 0.3) is 10.9 Å². The molecular formula is C14H18N2O2. The number of rotatable bonds is 2. The number of aromatic hydroxyl groups is 1. The molecule has 1 fully saturated rings. The van der Waals surface area contributed by atoms with Gasteiger partial charge in [-0.3, -0.25) is 4.90 Å². The van der Waals surface area contributed by atoms with Gasteiger partial charge in [0.25, 0.3) is 0 Å². The molecular weight excluding hydrogens is 228 g/mol. The maximum atomic E-state index is 9.92. The molecule has 0 radical (unpaired) electrons. The summed E-state index contributed by atoms with van der Waals surface area (Å²) in [6.45, 7) is 4.50. The van der Waals surface area contributed by atoms with Crippen molar-refractivity contribution in [1.29, 1.82) is 0 Å². The Kier molecular flexibility index (Phi) is 2.97. The fourth-order valence-corrected chi connectivity index (χ4v) is 2.59. The highest BCUT2D eigenvalue weighted by atomic mass is 16.5. The van der Waals surface area contributed by atoms with E-state index in [1.807, 2.05) is 19.2 Å². The third kappa shape index (κ3) is 1.98. The van der Waals surface area contributed by atoms with E-state index in [0.29, 0.717) is 5.75 Å². The Balaban J connectivity index is 1.92. The van der Waals surface area contributed by atoms with Gasteiger partial charge in [-0.1, -0.05) is 12.1 Å². The molecule has 1 saturated heterocycles. The summed E-state index contributed by atoms with van der Waals surface area (Å²) in [4.78, 5) is 2.38. The quantitative estimate of drug-likeness (QED) is 0.876. The molecule has 2 heterocycles. The zero-order chi connectivity index (χ0) is 12.5. The molecule has 1 N–H and O–H groups in total. The van der Waals surface area contributed by atoms with Crippen molar-refractivity contribution in [3.63, 3.8) is 0 Å². The normalized spacial score (nSPS) is 17.4. The Morgan fingerprint density at radius 3 is 2.78 bits per heavy atom. The summed E-state index contributed by atoms with van der Waals surface area (Å²) in [6, 6.07) is 7.82. The Morgan fingerprint density at radius 1 is 1.28 bits per heavy atom. The zero-order valence-corrected chi connectivity index (χ0v) is 10.6. The van der Waals surface area contributed by atoms with Crippen molar-refractivity contribution < 1.29 is 9.84 Å². The number of nitrogens with zero attached hydrogens (tertiary/aromatic N) is 2. The van der Waals surface area contributed by atoms with E-state index in [2.05, 4.69) is 15.5 Å². The van der Waals surface area contributed by atoms with Crippen molar-refractivity contribution in [3.05, 3.63) is 30.0 Å². The van der Waals surface area contributed by atoms with Gasteiger partial charge < -0.3 is 14.4 Å². The fraction of sp³-hybridized carbons (Fsp3) is 0.429. The van der Waals surface area contributed by atoms with Crippen molar-refractivity contribution in [2.24, 2.45) is 7.05 Å².